The first-order valence-corrected chi connectivity index (χ1v) is 13.9. The fourth-order valence-electron chi connectivity index (χ4n) is 5.27. The molecule has 40 heavy (non-hydrogen) atoms. The van der Waals surface area contributed by atoms with E-state index in [0.29, 0.717) is 31.4 Å². The van der Waals surface area contributed by atoms with Crippen molar-refractivity contribution in [2.45, 2.75) is 64.1 Å². The third kappa shape index (κ3) is 6.77. The van der Waals surface area contributed by atoms with Gasteiger partial charge in [0.05, 0.1) is 12.1 Å². The Labute approximate surface area is 239 Å². The highest BCUT2D eigenvalue weighted by atomic mass is 79.9. The summed E-state index contributed by atoms with van der Waals surface area (Å²) >= 11 is 3.52. The van der Waals surface area contributed by atoms with Crippen molar-refractivity contribution in [1.29, 1.82) is 0 Å². The van der Waals surface area contributed by atoms with E-state index < -0.39 is 30.0 Å². The van der Waals surface area contributed by atoms with E-state index in [9.17, 15) is 27.6 Å². The maximum absolute atomic E-state index is 13.6. The van der Waals surface area contributed by atoms with Gasteiger partial charge in [0, 0.05) is 24.0 Å². The minimum absolute atomic E-state index is 0.0131. The van der Waals surface area contributed by atoms with E-state index >= 15 is 0 Å². The van der Waals surface area contributed by atoms with Crippen molar-refractivity contribution in [3.63, 3.8) is 0 Å². The second kappa shape index (κ2) is 12.6. The van der Waals surface area contributed by atoms with Crippen molar-refractivity contribution in [3.8, 4) is 0 Å². The number of fused-ring (bicyclic) bond motifs is 1. The molecule has 0 saturated carbocycles. The number of aryl methyl sites for hydroxylation is 1. The van der Waals surface area contributed by atoms with Gasteiger partial charge in [-0.25, -0.2) is 4.79 Å². The molecule has 2 aliphatic heterocycles. The summed E-state index contributed by atoms with van der Waals surface area (Å²) in [7, 11) is 0. The number of alkyl halides is 3. The maximum atomic E-state index is 13.6. The monoisotopic (exact) mass is 624 g/mol. The van der Waals surface area contributed by atoms with Gasteiger partial charge in [0.25, 0.3) is 0 Å². The van der Waals surface area contributed by atoms with Crippen LogP contribution in [0.4, 0.5) is 18.0 Å². The van der Waals surface area contributed by atoms with Crippen LogP contribution in [0.3, 0.4) is 0 Å². The molecule has 12 heteroatoms. The van der Waals surface area contributed by atoms with Crippen molar-refractivity contribution >= 4 is 33.8 Å². The van der Waals surface area contributed by atoms with Crippen LogP contribution in [-0.2, 0) is 33.7 Å². The molecule has 2 saturated heterocycles. The van der Waals surface area contributed by atoms with Gasteiger partial charge in [0.1, 0.15) is 18.8 Å². The molecule has 0 spiro atoms. The number of nitrogens with two attached hydrogens (primary N) is 1. The molecule has 2 N–H and O–H groups in total. The standard InChI is InChI=1S/C28H32BrF3N4O4/c1-18-12-19(14-21(13-18)28(30,31)32)17-40-27(39)35-11-9-25(37)36-23(8-4-5-10-33)26(38)34(16-24(35)36)15-20-6-2-3-7-22(20)29/h2-3,6-7,12-14,23-24H,4-5,8-11,15-17,33H2,1H3/t23-,24+/m0/s1. The maximum Gasteiger partial charge on any atom is 0.416 e. The van der Waals surface area contributed by atoms with Crippen molar-refractivity contribution in [2.75, 3.05) is 19.6 Å². The summed E-state index contributed by atoms with van der Waals surface area (Å²) in [6.45, 7) is 2.06. The summed E-state index contributed by atoms with van der Waals surface area (Å²) in [5.74, 6) is -0.429. The molecule has 0 unspecified atom stereocenters. The molecule has 0 aliphatic carbocycles. The van der Waals surface area contributed by atoms with Crippen LogP contribution in [-0.4, -0.2) is 64.4 Å². The molecule has 2 fully saturated rings. The van der Waals surface area contributed by atoms with Crippen LogP contribution >= 0.6 is 15.9 Å². The number of rotatable bonds is 8. The van der Waals surface area contributed by atoms with Gasteiger partial charge in [0.2, 0.25) is 11.8 Å². The SMILES string of the molecule is Cc1cc(COC(=O)N2CCC(=O)N3[C@@H]2CN(Cc2ccccc2Br)C(=O)[C@@H]3CCCCN)cc(C(F)(F)F)c1. The summed E-state index contributed by atoms with van der Waals surface area (Å²) in [5.41, 5.74) is 6.32. The lowest BCUT2D eigenvalue weighted by atomic mass is 9.98. The first-order valence-electron chi connectivity index (χ1n) is 13.1. The van der Waals surface area contributed by atoms with Crippen LogP contribution in [0, 0.1) is 6.92 Å². The van der Waals surface area contributed by atoms with Gasteiger partial charge in [-0.15, -0.1) is 0 Å². The Morgan fingerprint density at radius 3 is 2.60 bits per heavy atom. The molecule has 216 valence electrons. The van der Waals surface area contributed by atoms with E-state index in [1.54, 1.807) is 4.90 Å². The van der Waals surface area contributed by atoms with E-state index in [2.05, 4.69) is 15.9 Å². The number of halogens is 4. The van der Waals surface area contributed by atoms with Gasteiger partial charge in [-0.1, -0.05) is 45.8 Å². The molecule has 2 aromatic rings. The van der Waals surface area contributed by atoms with E-state index in [1.165, 1.54) is 22.8 Å². The minimum Gasteiger partial charge on any atom is -0.444 e. The van der Waals surface area contributed by atoms with Crippen LogP contribution in [0.15, 0.2) is 46.9 Å². The Balaban J connectivity index is 1.56. The Morgan fingerprint density at radius 1 is 1.15 bits per heavy atom. The van der Waals surface area contributed by atoms with Crippen molar-refractivity contribution in [3.05, 3.63) is 69.2 Å². The Hall–Kier alpha value is -3.12. The number of hydrogen-bond acceptors (Lipinski definition) is 5. The fraction of sp³-hybridized carbons (Fsp3) is 0.464. The molecule has 0 radical (unpaired) electrons. The summed E-state index contributed by atoms with van der Waals surface area (Å²) in [5, 5.41) is 0. The third-order valence-electron chi connectivity index (χ3n) is 7.16. The third-order valence-corrected chi connectivity index (χ3v) is 7.94. The molecule has 0 bridgehead atoms. The van der Waals surface area contributed by atoms with Crippen LogP contribution in [0.2, 0.25) is 0 Å². The molecule has 0 aromatic heterocycles. The number of unbranched alkanes of at least 4 members (excludes halogenated alkanes) is 1. The smallest absolute Gasteiger partial charge is 0.416 e. The number of carbonyl (C=O) groups is 3. The molecule has 2 heterocycles. The molecule has 8 nitrogen and oxygen atoms in total. The summed E-state index contributed by atoms with van der Waals surface area (Å²) in [6, 6.07) is 10.2. The van der Waals surface area contributed by atoms with Gasteiger partial charge < -0.3 is 20.3 Å². The predicted octanol–water partition coefficient (Wildman–Crippen LogP) is 4.81. The van der Waals surface area contributed by atoms with Crippen molar-refractivity contribution in [2.24, 2.45) is 5.73 Å². The topological polar surface area (TPSA) is 96.2 Å². The van der Waals surface area contributed by atoms with Crippen LogP contribution in [0.1, 0.15) is 47.9 Å². The quantitative estimate of drug-likeness (QED) is 0.425. The number of nitrogens with zero attached hydrogens (tertiary/aromatic N) is 3. The minimum atomic E-state index is -4.52. The van der Waals surface area contributed by atoms with Crippen molar-refractivity contribution in [1.82, 2.24) is 14.7 Å². The Morgan fingerprint density at radius 2 is 1.90 bits per heavy atom. The molecule has 2 aliphatic rings. The van der Waals surface area contributed by atoms with Gasteiger partial charge in [-0.05, 0) is 62.1 Å². The lowest BCUT2D eigenvalue weighted by molar-refractivity contribution is -0.169. The zero-order valence-corrected chi connectivity index (χ0v) is 23.7. The number of amides is 3. The number of ether oxygens (including phenoxy) is 1. The number of benzene rings is 2. The van der Waals surface area contributed by atoms with Crippen molar-refractivity contribution < 1.29 is 32.3 Å². The van der Waals surface area contributed by atoms with Gasteiger partial charge >= 0.3 is 12.3 Å². The summed E-state index contributed by atoms with van der Waals surface area (Å²) < 4.78 is 46.1. The Kier molecular flexibility index (Phi) is 9.40. The lowest BCUT2D eigenvalue weighted by Crippen LogP contribution is -2.71. The normalized spacial score (nSPS) is 19.6. The molecular weight excluding hydrogens is 593 g/mol. The summed E-state index contributed by atoms with van der Waals surface area (Å²) in [6.07, 6.45) is -4.32. The van der Waals surface area contributed by atoms with E-state index in [-0.39, 0.29) is 50.0 Å². The average Bonchev–Trinajstić information content (AvgIpc) is 2.90. The first kappa shape index (κ1) is 29.9. The number of piperazine rings is 1. The zero-order valence-electron chi connectivity index (χ0n) is 22.1. The van der Waals surface area contributed by atoms with Crippen LogP contribution < -0.4 is 5.73 Å². The van der Waals surface area contributed by atoms with E-state index in [4.69, 9.17) is 10.5 Å². The molecule has 3 amide bonds. The largest absolute Gasteiger partial charge is 0.444 e. The van der Waals surface area contributed by atoms with Crippen LogP contribution in [0.5, 0.6) is 0 Å². The fourth-order valence-corrected chi connectivity index (χ4v) is 5.68. The summed E-state index contributed by atoms with van der Waals surface area (Å²) in [4.78, 5) is 44.5. The Bertz CT molecular complexity index is 1260. The molecular formula is C28H32BrF3N4O4. The van der Waals surface area contributed by atoms with Gasteiger partial charge in [0.15, 0.2) is 0 Å². The predicted molar refractivity (Wildman–Crippen MR) is 145 cm³/mol. The van der Waals surface area contributed by atoms with E-state index in [0.717, 1.165) is 22.2 Å². The van der Waals surface area contributed by atoms with Crippen LogP contribution in [0.25, 0.3) is 0 Å². The van der Waals surface area contributed by atoms with Gasteiger partial charge in [-0.3, -0.25) is 14.5 Å². The lowest BCUT2D eigenvalue weighted by Gasteiger charge is -2.52. The molecule has 2 atom stereocenters. The zero-order chi connectivity index (χ0) is 29.0. The second-order valence-corrected chi connectivity index (χ2v) is 10.9. The highest BCUT2D eigenvalue weighted by molar-refractivity contribution is 9.10. The van der Waals surface area contributed by atoms with E-state index in [1.807, 2.05) is 24.3 Å². The molecule has 4 rings (SSSR count). The van der Waals surface area contributed by atoms with Gasteiger partial charge in [-0.2, -0.15) is 13.2 Å². The number of hydrogen-bond donors (Lipinski definition) is 1. The highest BCUT2D eigenvalue weighted by Crippen LogP contribution is 2.32. The molecule has 2 aromatic carbocycles. The average molecular weight is 625 g/mol. The first-order chi connectivity index (χ1) is 19.0. The second-order valence-electron chi connectivity index (χ2n) is 10.1. The highest BCUT2D eigenvalue weighted by Gasteiger charge is 2.49. The number of carbonyl (C=O) groups excluding carboxylic acids is 3.